The maximum Gasteiger partial charge on any atom is 0.194 e. The Bertz CT molecular complexity index is 803. The van der Waals surface area contributed by atoms with Crippen molar-refractivity contribution < 1.29 is 0 Å². The van der Waals surface area contributed by atoms with Gasteiger partial charge >= 0.3 is 0 Å². The summed E-state index contributed by atoms with van der Waals surface area (Å²) < 4.78 is 0. The Morgan fingerprint density at radius 3 is 2.42 bits per heavy atom. The van der Waals surface area contributed by atoms with Crippen LogP contribution in [0.15, 0.2) is 59.4 Å². The van der Waals surface area contributed by atoms with Crippen LogP contribution in [-0.4, -0.2) is 0 Å². The molecule has 0 heterocycles. The van der Waals surface area contributed by atoms with Crippen LogP contribution in [0.1, 0.15) is 18.9 Å². The first kappa shape index (κ1) is 11.9. The van der Waals surface area contributed by atoms with Gasteiger partial charge in [-0.05, 0) is 22.8 Å². The highest BCUT2D eigenvalue weighted by atomic mass is 16.1. The molecule has 0 saturated heterocycles. The second-order valence-electron chi connectivity index (χ2n) is 4.92. The lowest BCUT2D eigenvalue weighted by Gasteiger charge is -1.99. The summed E-state index contributed by atoms with van der Waals surface area (Å²) >= 11 is 0. The Labute approximate surface area is 112 Å². The molecule has 0 aliphatic carbocycles. The molecule has 0 aliphatic rings. The van der Waals surface area contributed by atoms with E-state index in [9.17, 15) is 4.79 Å². The molecule has 0 spiro atoms. The van der Waals surface area contributed by atoms with Gasteiger partial charge in [0.2, 0.25) is 0 Å². The van der Waals surface area contributed by atoms with E-state index in [1.54, 1.807) is 0 Å². The van der Waals surface area contributed by atoms with E-state index in [4.69, 9.17) is 0 Å². The highest BCUT2D eigenvalue weighted by molar-refractivity contribution is 5.93. The molecule has 0 aliphatic heterocycles. The molecule has 94 valence electrons. The quantitative estimate of drug-likeness (QED) is 0.660. The zero-order valence-corrected chi connectivity index (χ0v) is 11.0. The van der Waals surface area contributed by atoms with Crippen molar-refractivity contribution in [1.82, 2.24) is 0 Å². The summed E-state index contributed by atoms with van der Waals surface area (Å²) in [6, 6.07) is 18.0. The third kappa shape index (κ3) is 2.12. The van der Waals surface area contributed by atoms with E-state index in [0.29, 0.717) is 0 Å². The van der Waals surface area contributed by atoms with Crippen molar-refractivity contribution >= 4 is 21.5 Å². The number of fused-ring (bicyclic) bond motifs is 2. The normalized spacial score (nSPS) is 11.0. The first-order valence-corrected chi connectivity index (χ1v) is 6.74. The number of hydrogen-bond donors (Lipinski definition) is 0. The fraction of sp³-hybridized carbons (Fsp3) is 0.167. The average Bonchev–Trinajstić information content (AvgIpc) is 2.58. The van der Waals surface area contributed by atoms with E-state index in [2.05, 4.69) is 25.1 Å². The van der Waals surface area contributed by atoms with Gasteiger partial charge in [-0.3, -0.25) is 4.79 Å². The lowest BCUT2D eigenvalue weighted by atomic mass is 10.1. The maximum atomic E-state index is 12.6. The molecule has 3 aromatic rings. The van der Waals surface area contributed by atoms with E-state index in [1.807, 2.05) is 36.4 Å². The molecule has 3 aromatic carbocycles. The zero-order chi connectivity index (χ0) is 13.2. The molecule has 0 aromatic heterocycles. The Morgan fingerprint density at radius 1 is 0.842 bits per heavy atom. The summed E-state index contributed by atoms with van der Waals surface area (Å²) in [7, 11) is 0. The van der Waals surface area contributed by atoms with Gasteiger partial charge in [0.15, 0.2) is 5.43 Å². The van der Waals surface area contributed by atoms with Crippen molar-refractivity contribution in [2.45, 2.75) is 19.8 Å². The Hall–Kier alpha value is -2.15. The minimum absolute atomic E-state index is 0.124. The van der Waals surface area contributed by atoms with Crippen molar-refractivity contribution in [2.24, 2.45) is 0 Å². The summed E-state index contributed by atoms with van der Waals surface area (Å²) in [5.74, 6) is 0. The number of rotatable bonds is 2. The molecule has 0 saturated carbocycles. The van der Waals surface area contributed by atoms with Gasteiger partial charge in [0.1, 0.15) is 0 Å². The smallest absolute Gasteiger partial charge is 0.194 e. The van der Waals surface area contributed by atoms with Crippen LogP contribution in [0, 0.1) is 0 Å². The Morgan fingerprint density at radius 2 is 1.58 bits per heavy atom. The predicted molar refractivity (Wildman–Crippen MR) is 81.7 cm³/mol. The van der Waals surface area contributed by atoms with Crippen molar-refractivity contribution in [3.05, 3.63) is 70.4 Å². The van der Waals surface area contributed by atoms with Crippen LogP contribution in [0.5, 0.6) is 0 Å². The standard InChI is InChI=1S/C18H16O/c1-2-5-13-8-11-17-15(12-13)10-9-14-6-3-4-7-16(14)18(17)19/h3-4,6-12H,2,5H2,1H3. The summed E-state index contributed by atoms with van der Waals surface area (Å²) in [6.45, 7) is 2.17. The molecule has 0 N–H and O–H groups in total. The molecule has 0 bridgehead atoms. The minimum Gasteiger partial charge on any atom is -0.289 e. The Balaban J connectivity index is 2.41. The molecular formula is C18H16O. The van der Waals surface area contributed by atoms with E-state index < -0.39 is 0 Å². The second-order valence-corrected chi connectivity index (χ2v) is 4.92. The molecule has 1 heteroatoms. The van der Waals surface area contributed by atoms with E-state index in [-0.39, 0.29) is 5.43 Å². The first-order valence-electron chi connectivity index (χ1n) is 6.74. The number of aryl methyl sites for hydroxylation is 1. The highest BCUT2D eigenvalue weighted by Crippen LogP contribution is 2.17. The predicted octanol–water partition coefficient (Wildman–Crippen LogP) is 4.31. The van der Waals surface area contributed by atoms with Gasteiger partial charge < -0.3 is 0 Å². The van der Waals surface area contributed by atoms with Crippen LogP contribution in [0.2, 0.25) is 0 Å². The monoisotopic (exact) mass is 248 g/mol. The fourth-order valence-electron chi connectivity index (χ4n) is 2.57. The topological polar surface area (TPSA) is 17.1 Å². The van der Waals surface area contributed by atoms with Crippen molar-refractivity contribution in [1.29, 1.82) is 0 Å². The van der Waals surface area contributed by atoms with Crippen LogP contribution in [0.3, 0.4) is 0 Å². The minimum atomic E-state index is 0.124. The largest absolute Gasteiger partial charge is 0.289 e. The third-order valence-corrected chi connectivity index (χ3v) is 3.55. The molecule has 1 nitrogen and oxygen atoms in total. The fourth-order valence-corrected chi connectivity index (χ4v) is 2.57. The molecule has 3 rings (SSSR count). The van der Waals surface area contributed by atoms with Crippen LogP contribution in [0.4, 0.5) is 0 Å². The van der Waals surface area contributed by atoms with Gasteiger partial charge in [0, 0.05) is 10.8 Å². The molecule has 0 radical (unpaired) electrons. The number of benzene rings is 2. The van der Waals surface area contributed by atoms with Crippen molar-refractivity contribution in [3.63, 3.8) is 0 Å². The van der Waals surface area contributed by atoms with Gasteiger partial charge in [-0.1, -0.05) is 67.9 Å². The lowest BCUT2D eigenvalue weighted by molar-refractivity contribution is 0.924. The van der Waals surface area contributed by atoms with Crippen LogP contribution >= 0.6 is 0 Å². The lowest BCUT2D eigenvalue weighted by Crippen LogP contribution is -1.98. The van der Waals surface area contributed by atoms with Crippen molar-refractivity contribution in [3.8, 4) is 0 Å². The van der Waals surface area contributed by atoms with E-state index >= 15 is 0 Å². The summed E-state index contributed by atoms with van der Waals surface area (Å²) in [5.41, 5.74) is 1.42. The summed E-state index contributed by atoms with van der Waals surface area (Å²) in [5, 5.41) is 3.63. The van der Waals surface area contributed by atoms with Gasteiger partial charge in [-0.25, -0.2) is 0 Å². The maximum absolute atomic E-state index is 12.6. The number of hydrogen-bond acceptors (Lipinski definition) is 1. The van der Waals surface area contributed by atoms with Crippen LogP contribution in [0.25, 0.3) is 21.5 Å². The molecule has 0 amide bonds. The molecule has 0 fully saturated rings. The van der Waals surface area contributed by atoms with E-state index in [1.165, 1.54) is 5.56 Å². The Kier molecular flexibility index (Phi) is 3.04. The zero-order valence-electron chi connectivity index (χ0n) is 11.0. The van der Waals surface area contributed by atoms with Gasteiger partial charge in [-0.15, -0.1) is 0 Å². The SMILES string of the molecule is CCCc1ccc2c(=O)c3ccccc3ccc2c1. The summed E-state index contributed by atoms with van der Waals surface area (Å²) in [4.78, 5) is 12.6. The second kappa shape index (κ2) is 4.85. The molecular weight excluding hydrogens is 232 g/mol. The highest BCUT2D eigenvalue weighted by Gasteiger charge is 2.02. The van der Waals surface area contributed by atoms with E-state index in [0.717, 1.165) is 34.4 Å². The molecule has 0 unspecified atom stereocenters. The van der Waals surface area contributed by atoms with Gasteiger partial charge in [0.05, 0.1) is 0 Å². The van der Waals surface area contributed by atoms with Crippen molar-refractivity contribution in [2.75, 3.05) is 0 Å². The molecule has 0 atom stereocenters. The van der Waals surface area contributed by atoms with Gasteiger partial charge in [-0.2, -0.15) is 0 Å². The third-order valence-electron chi connectivity index (χ3n) is 3.55. The average molecular weight is 248 g/mol. The van der Waals surface area contributed by atoms with Gasteiger partial charge in [0.25, 0.3) is 0 Å². The summed E-state index contributed by atoms with van der Waals surface area (Å²) in [6.07, 6.45) is 2.18. The van der Waals surface area contributed by atoms with Crippen LogP contribution in [-0.2, 0) is 6.42 Å². The van der Waals surface area contributed by atoms with Crippen LogP contribution < -0.4 is 5.43 Å². The molecule has 19 heavy (non-hydrogen) atoms. The first-order chi connectivity index (χ1) is 9.29.